The summed E-state index contributed by atoms with van der Waals surface area (Å²) in [7, 11) is 1.69. The highest BCUT2D eigenvalue weighted by molar-refractivity contribution is 14.0. The molecule has 0 saturated carbocycles. The third kappa shape index (κ3) is 9.56. The molecule has 2 heterocycles. The van der Waals surface area contributed by atoms with E-state index in [2.05, 4.69) is 20.5 Å². The second-order valence-electron chi connectivity index (χ2n) is 6.64. The Bertz CT molecular complexity index is 419. The average Bonchev–Trinajstić information content (AvgIpc) is 2.99. The Hall–Kier alpha value is -0.330. The normalized spacial score (nSPS) is 22.9. The van der Waals surface area contributed by atoms with Gasteiger partial charge >= 0.3 is 6.18 Å². The molecule has 2 aliphatic heterocycles. The Labute approximate surface area is 170 Å². The van der Waals surface area contributed by atoms with Gasteiger partial charge in [0.1, 0.15) is 0 Å². The summed E-state index contributed by atoms with van der Waals surface area (Å²) in [6, 6.07) is 0.0156. The number of aliphatic imine (C=N–C) groups is 1. The molecular weight excluding hydrogens is 462 g/mol. The van der Waals surface area contributed by atoms with Crippen molar-refractivity contribution in [3.63, 3.8) is 0 Å². The van der Waals surface area contributed by atoms with E-state index in [1.165, 1.54) is 4.90 Å². The molecule has 0 aliphatic carbocycles. The molecule has 26 heavy (non-hydrogen) atoms. The van der Waals surface area contributed by atoms with Gasteiger partial charge in [-0.1, -0.05) is 0 Å². The Morgan fingerprint density at radius 1 is 1.15 bits per heavy atom. The summed E-state index contributed by atoms with van der Waals surface area (Å²) in [5.41, 5.74) is 0. The molecule has 154 valence electrons. The molecule has 1 unspecified atom stereocenters. The minimum absolute atomic E-state index is 0. The molecule has 2 fully saturated rings. The van der Waals surface area contributed by atoms with Crippen molar-refractivity contribution in [1.29, 1.82) is 0 Å². The summed E-state index contributed by atoms with van der Waals surface area (Å²) in [6.45, 7) is 5.57. The monoisotopic (exact) mass is 493 g/mol. The first kappa shape index (κ1) is 23.7. The van der Waals surface area contributed by atoms with Gasteiger partial charge in [-0.05, 0) is 25.8 Å². The van der Waals surface area contributed by atoms with Crippen molar-refractivity contribution in [3.8, 4) is 0 Å². The van der Waals surface area contributed by atoms with Gasteiger partial charge in [0.05, 0.1) is 19.8 Å². The first-order valence-corrected chi connectivity index (χ1v) is 9.02. The largest absolute Gasteiger partial charge is 0.401 e. The highest BCUT2D eigenvalue weighted by Crippen LogP contribution is 2.19. The molecule has 1 atom stereocenters. The van der Waals surface area contributed by atoms with Crippen LogP contribution >= 0.6 is 24.0 Å². The molecule has 0 bridgehead atoms. The zero-order valence-corrected chi connectivity index (χ0v) is 17.7. The minimum Gasteiger partial charge on any atom is -0.379 e. The molecule has 0 aromatic rings. The van der Waals surface area contributed by atoms with E-state index < -0.39 is 12.7 Å². The van der Waals surface area contributed by atoms with E-state index in [9.17, 15) is 13.2 Å². The van der Waals surface area contributed by atoms with E-state index in [0.717, 1.165) is 52.2 Å². The van der Waals surface area contributed by atoms with E-state index in [1.54, 1.807) is 7.05 Å². The summed E-state index contributed by atoms with van der Waals surface area (Å²) < 4.78 is 42.6. The summed E-state index contributed by atoms with van der Waals surface area (Å²) in [5.74, 6) is 0.672. The van der Waals surface area contributed by atoms with Gasteiger partial charge < -0.3 is 15.4 Å². The number of guanidine groups is 1. The van der Waals surface area contributed by atoms with E-state index >= 15 is 0 Å². The molecule has 2 N–H and O–H groups in total. The molecule has 2 rings (SSSR count). The number of alkyl halides is 3. The Morgan fingerprint density at radius 3 is 2.54 bits per heavy atom. The minimum atomic E-state index is -4.13. The van der Waals surface area contributed by atoms with Crippen LogP contribution in [0.4, 0.5) is 13.2 Å². The lowest BCUT2D eigenvalue weighted by Crippen LogP contribution is -2.45. The topological polar surface area (TPSA) is 52.1 Å². The third-order valence-electron chi connectivity index (χ3n) is 4.54. The summed E-state index contributed by atoms with van der Waals surface area (Å²) in [6.07, 6.45) is -1.29. The molecular formula is C16H31F3IN5O. The maximum atomic E-state index is 12.4. The molecule has 0 radical (unpaired) electrons. The Morgan fingerprint density at radius 2 is 1.88 bits per heavy atom. The number of hydrogen-bond donors (Lipinski definition) is 2. The lowest BCUT2D eigenvalue weighted by molar-refractivity contribution is -0.143. The van der Waals surface area contributed by atoms with Crippen LogP contribution in [0.3, 0.4) is 0 Å². The lowest BCUT2D eigenvalue weighted by atomic mass is 10.2. The summed E-state index contributed by atoms with van der Waals surface area (Å²) in [5, 5.41) is 6.48. The number of hydrogen-bond acceptors (Lipinski definition) is 4. The van der Waals surface area contributed by atoms with E-state index in [4.69, 9.17) is 4.74 Å². The number of ether oxygens (including phenoxy) is 1. The van der Waals surface area contributed by atoms with Crippen LogP contribution in [0.1, 0.15) is 19.3 Å². The zero-order valence-electron chi connectivity index (χ0n) is 15.4. The van der Waals surface area contributed by atoms with E-state index in [0.29, 0.717) is 25.5 Å². The van der Waals surface area contributed by atoms with Crippen molar-refractivity contribution >= 4 is 29.9 Å². The quantitative estimate of drug-likeness (QED) is 0.244. The van der Waals surface area contributed by atoms with Crippen LogP contribution in [0.2, 0.25) is 0 Å². The average molecular weight is 493 g/mol. The van der Waals surface area contributed by atoms with Crippen molar-refractivity contribution in [2.24, 2.45) is 4.99 Å². The standard InChI is InChI=1S/C16H30F3N5O.HI/c1-20-15(21-5-2-3-6-23-8-10-25-11-9-23)22-14-4-7-24(12-14)13-16(17,18)19;/h14H,2-13H2,1H3,(H2,20,21,22);1H. The van der Waals surface area contributed by atoms with Crippen LogP contribution < -0.4 is 10.6 Å². The van der Waals surface area contributed by atoms with Crippen molar-refractivity contribution < 1.29 is 17.9 Å². The number of rotatable bonds is 7. The van der Waals surface area contributed by atoms with Gasteiger partial charge in [0.25, 0.3) is 0 Å². The predicted molar refractivity (Wildman–Crippen MR) is 107 cm³/mol. The maximum absolute atomic E-state index is 12.4. The number of halogens is 4. The molecule has 6 nitrogen and oxygen atoms in total. The fraction of sp³-hybridized carbons (Fsp3) is 0.938. The summed E-state index contributed by atoms with van der Waals surface area (Å²) in [4.78, 5) is 8.01. The fourth-order valence-corrected chi connectivity index (χ4v) is 3.23. The molecule has 0 amide bonds. The number of nitrogens with zero attached hydrogens (tertiary/aromatic N) is 3. The smallest absolute Gasteiger partial charge is 0.379 e. The number of likely N-dealkylation sites (tertiary alicyclic amines) is 1. The van der Waals surface area contributed by atoms with Gasteiger partial charge in [0, 0.05) is 45.8 Å². The van der Waals surface area contributed by atoms with E-state index in [1.807, 2.05) is 0 Å². The van der Waals surface area contributed by atoms with Gasteiger partial charge in [-0.2, -0.15) is 13.2 Å². The number of morpholine rings is 1. The molecule has 2 saturated heterocycles. The SMILES string of the molecule is CN=C(NCCCCN1CCOCC1)NC1CCN(CC(F)(F)F)C1.I. The van der Waals surface area contributed by atoms with Gasteiger partial charge in [-0.15, -0.1) is 24.0 Å². The van der Waals surface area contributed by atoms with Crippen LogP contribution in [0, 0.1) is 0 Å². The summed E-state index contributed by atoms with van der Waals surface area (Å²) >= 11 is 0. The molecule has 2 aliphatic rings. The van der Waals surface area contributed by atoms with Gasteiger partial charge in [0.15, 0.2) is 5.96 Å². The van der Waals surface area contributed by atoms with Crippen molar-refractivity contribution in [2.45, 2.75) is 31.5 Å². The Balaban J connectivity index is 0.00000338. The fourth-order valence-electron chi connectivity index (χ4n) is 3.23. The van der Waals surface area contributed by atoms with Crippen LogP contribution in [0.5, 0.6) is 0 Å². The van der Waals surface area contributed by atoms with Crippen LogP contribution in [-0.4, -0.2) is 94.1 Å². The highest BCUT2D eigenvalue weighted by atomic mass is 127. The second kappa shape index (κ2) is 12.2. The van der Waals surface area contributed by atoms with Crippen molar-refractivity contribution in [1.82, 2.24) is 20.4 Å². The second-order valence-corrected chi connectivity index (χ2v) is 6.64. The van der Waals surface area contributed by atoms with Gasteiger partial charge in [-0.3, -0.25) is 14.8 Å². The first-order valence-electron chi connectivity index (χ1n) is 9.02. The van der Waals surface area contributed by atoms with Crippen LogP contribution in [0.25, 0.3) is 0 Å². The van der Waals surface area contributed by atoms with Crippen molar-refractivity contribution in [3.05, 3.63) is 0 Å². The lowest BCUT2D eigenvalue weighted by Gasteiger charge is -2.26. The molecule has 0 spiro atoms. The first-order chi connectivity index (χ1) is 12.0. The number of nitrogens with one attached hydrogen (secondary N) is 2. The molecule has 0 aromatic carbocycles. The van der Waals surface area contributed by atoms with E-state index in [-0.39, 0.29) is 30.0 Å². The zero-order chi connectivity index (χ0) is 18.1. The number of unbranched alkanes of at least 4 members (excludes halogenated alkanes) is 1. The van der Waals surface area contributed by atoms with Crippen LogP contribution in [-0.2, 0) is 4.74 Å². The van der Waals surface area contributed by atoms with Gasteiger partial charge in [0.2, 0.25) is 0 Å². The van der Waals surface area contributed by atoms with Crippen LogP contribution in [0.15, 0.2) is 4.99 Å². The predicted octanol–water partition coefficient (Wildman–Crippen LogP) is 1.52. The molecule has 0 aromatic heterocycles. The highest BCUT2D eigenvalue weighted by Gasteiger charge is 2.34. The third-order valence-corrected chi connectivity index (χ3v) is 4.54. The molecule has 10 heteroatoms. The van der Waals surface area contributed by atoms with Gasteiger partial charge in [-0.25, -0.2) is 0 Å². The Kier molecular flexibility index (Phi) is 11.1. The van der Waals surface area contributed by atoms with Crippen molar-refractivity contribution in [2.75, 3.05) is 66.1 Å². The maximum Gasteiger partial charge on any atom is 0.401 e.